The lowest BCUT2D eigenvalue weighted by atomic mass is 9.93. The first-order valence-corrected chi connectivity index (χ1v) is 36.2. The molecule has 28 heteroatoms. The van der Waals surface area contributed by atoms with Crippen LogP contribution in [0.3, 0.4) is 0 Å². The van der Waals surface area contributed by atoms with Gasteiger partial charge in [0.1, 0.15) is 48.3 Å². The van der Waals surface area contributed by atoms with Crippen LogP contribution < -0.4 is 31.9 Å². The van der Waals surface area contributed by atoms with Crippen LogP contribution in [0.5, 0.6) is 0 Å². The van der Waals surface area contributed by atoms with Gasteiger partial charge in [-0.15, -0.1) is 0 Å². The van der Waals surface area contributed by atoms with E-state index in [1.807, 2.05) is 62.3 Å². The van der Waals surface area contributed by atoms with Gasteiger partial charge in [0, 0.05) is 80.2 Å². The second kappa shape index (κ2) is 45.4. The van der Waals surface area contributed by atoms with Gasteiger partial charge >= 0.3 is 18.0 Å². The van der Waals surface area contributed by atoms with E-state index in [1.165, 1.54) is 93.7 Å². The summed E-state index contributed by atoms with van der Waals surface area (Å²) in [5, 5.41) is 25.5. The number of aliphatic hydroxyl groups is 1. The lowest BCUT2D eigenvalue weighted by Crippen LogP contribution is -2.62. The summed E-state index contributed by atoms with van der Waals surface area (Å²) in [5.41, 5.74) is 0.629. The molecule has 562 valence electrons. The van der Waals surface area contributed by atoms with Gasteiger partial charge in [-0.25, -0.2) is 14.4 Å². The second-order valence-corrected chi connectivity index (χ2v) is 29.2. The van der Waals surface area contributed by atoms with Crippen LogP contribution in [0.4, 0.5) is 9.59 Å². The highest BCUT2D eigenvalue weighted by Crippen LogP contribution is 2.24. The van der Waals surface area contributed by atoms with Crippen LogP contribution in [0.1, 0.15) is 194 Å². The number of unbranched alkanes of at least 4 members (excludes halogenated alkanes) is 4. The third kappa shape index (κ3) is 30.2. The summed E-state index contributed by atoms with van der Waals surface area (Å²) in [6.07, 6.45) is 6.06. The highest BCUT2D eigenvalue weighted by molar-refractivity contribution is 7.99. The number of nitrogens with one attached hydrogen (secondary N) is 6. The minimum absolute atomic E-state index is 0.00126. The van der Waals surface area contributed by atoms with Crippen LogP contribution in [-0.4, -0.2) is 241 Å². The number of nitrogens with zero attached hydrogens (tertiary/aromatic N) is 6. The normalized spacial score (nSPS) is 14.1. The average molecular weight is 1420 g/mol. The van der Waals surface area contributed by atoms with Gasteiger partial charge in [0.2, 0.25) is 47.3 Å². The maximum absolute atomic E-state index is 15.2. The van der Waals surface area contributed by atoms with E-state index in [0.717, 1.165) is 35.5 Å². The minimum atomic E-state index is -1.33. The molecule has 99 heavy (non-hydrogen) atoms. The van der Waals surface area contributed by atoms with Crippen molar-refractivity contribution in [3.63, 3.8) is 0 Å². The Labute approximate surface area is 593 Å². The van der Waals surface area contributed by atoms with Gasteiger partial charge in [0.15, 0.2) is 0 Å². The van der Waals surface area contributed by atoms with Crippen molar-refractivity contribution < 1.29 is 72.2 Å². The first-order valence-electron chi connectivity index (χ1n) is 35.0. The third-order valence-corrected chi connectivity index (χ3v) is 18.5. The van der Waals surface area contributed by atoms with Gasteiger partial charge in [-0.1, -0.05) is 115 Å². The molecule has 0 spiro atoms. The first-order chi connectivity index (χ1) is 46.3. The SMILES string of the molecule is CC[C@H](NC(=O)C(C[C@H](C)CCCCCCNC(=O)c1cccc(C(=O)OC)c1)N(C)C(=O)CC(C)C)C(=O)N(C)[C@H](CSCCCCO)C(=O)N(C)[C@@H](CC(C)C)C(=O)N[C@H](C(=O)N(C)[C@@H](CC(C)C)C(=O)N[C@@H](C)C(=O)NC(=O)N(C)[C@@H](CC(C)C)C(=O)N(C)C(=O)NC)C(C)C. The Balaban J connectivity index is 3.49. The van der Waals surface area contributed by atoms with Crippen LogP contribution in [0, 0.1) is 35.5 Å². The van der Waals surface area contributed by atoms with Crippen molar-refractivity contribution in [1.82, 2.24) is 61.3 Å². The fourth-order valence-electron chi connectivity index (χ4n) is 11.1. The average Bonchev–Trinajstić information content (AvgIpc) is 0.826. The zero-order valence-corrected chi connectivity index (χ0v) is 64.0. The molecule has 0 aromatic heterocycles. The second-order valence-electron chi connectivity index (χ2n) is 28.1. The maximum Gasteiger partial charge on any atom is 0.337 e. The smallest absolute Gasteiger partial charge is 0.337 e. The maximum atomic E-state index is 15.2. The lowest BCUT2D eigenvalue weighted by Gasteiger charge is -2.38. The number of hydrogen-bond acceptors (Lipinski definition) is 16. The van der Waals surface area contributed by atoms with E-state index in [0.29, 0.717) is 43.5 Å². The molecule has 0 radical (unpaired) electrons. The Bertz CT molecular complexity index is 2820. The van der Waals surface area contributed by atoms with Crippen molar-refractivity contribution in [3.8, 4) is 0 Å². The molecule has 7 N–H and O–H groups in total. The first kappa shape index (κ1) is 89.7. The quantitative estimate of drug-likeness (QED) is 0.0289. The summed E-state index contributed by atoms with van der Waals surface area (Å²) < 4.78 is 4.77. The van der Waals surface area contributed by atoms with Crippen molar-refractivity contribution in [2.45, 2.75) is 222 Å². The monoisotopic (exact) mass is 1410 g/mol. The van der Waals surface area contributed by atoms with Crippen molar-refractivity contribution in [1.29, 1.82) is 0 Å². The number of likely N-dealkylation sites (N-methyl/N-ethyl adjacent to an activating group) is 6. The van der Waals surface area contributed by atoms with Crippen molar-refractivity contribution >= 4 is 88.9 Å². The van der Waals surface area contributed by atoms with E-state index in [-0.39, 0.29) is 91.4 Å². The minimum Gasteiger partial charge on any atom is -0.465 e. The Morgan fingerprint density at radius 1 is 0.535 bits per heavy atom. The number of ether oxygens (including phenoxy) is 1. The molecular formula is C71H122N12O15S. The Morgan fingerprint density at radius 3 is 1.60 bits per heavy atom. The van der Waals surface area contributed by atoms with Gasteiger partial charge in [-0.3, -0.25) is 58.2 Å². The molecule has 14 amide bonds. The predicted molar refractivity (Wildman–Crippen MR) is 384 cm³/mol. The fraction of sp³-hybridized carbons (Fsp3) is 0.732. The molecule has 9 atom stereocenters. The molecule has 1 unspecified atom stereocenters. The van der Waals surface area contributed by atoms with Gasteiger partial charge in [0.25, 0.3) is 11.8 Å². The number of carbonyl (C=O) groups excluding carboxylic acids is 13. The summed E-state index contributed by atoms with van der Waals surface area (Å²) >= 11 is 1.38. The van der Waals surface area contributed by atoms with Crippen molar-refractivity contribution in [2.24, 2.45) is 35.5 Å². The Kier molecular flexibility index (Phi) is 41.1. The van der Waals surface area contributed by atoms with Crippen LogP contribution in [0.25, 0.3) is 0 Å². The summed E-state index contributed by atoms with van der Waals surface area (Å²) in [6, 6.07) is -4.68. The van der Waals surface area contributed by atoms with Crippen LogP contribution in [-0.2, 0) is 47.9 Å². The zero-order valence-electron chi connectivity index (χ0n) is 63.2. The fourth-order valence-corrected chi connectivity index (χ4v) is 12.3. The molecule has 0 fully saturated rings. The van der Waals surface area contributed by atoms with E-state index in [9.17, 15) is 62.6 Å². The molecule has 0 aliphatic rings. The van der Waals surface area contributed by atoms with Crippen LogP contribution in [0.15, 0.2) is 24.3 Å². The van der Waals surface area contributed by atoms with Gasteiger partial charge in [0.05, 0.1) is 12.7 Å². The van der Waals surface area contributed by atoms with Gasteiger partial charge in [-0.2, -0.15) is 11.8 Å². The summed E-state index contributed by atoms with van der Waals surface area (Å²) in [4.78, 5) is 187. The number of hydrogen-bond donors (Lipinski definition) is 7. The van der Waals surface area contributed by atoms with E-state index >= 15 is 4.79 Å². The number of aliphatic hydroxyl groups excluding tert-OH is 1. The van der Waals surface area contributed by atoms with Crippen molar-refractivity contribution in [2.75, 3.05) is 81.1 Å². The van der Waals surface area contributed by atoms with Crippen LogP contribution in [0.2, 0.25) is 0 Å². The molecule has 27 nitrogen and oxygen atoms in total. The lowest BCUT2D eigenvalue weighted by molar-refractivity contribution is -0.149. The highest BCUT2D eigenvalue weighted by Gasteiger charge is 2.42. The summed E-state index contributed by atoms with van der Waals surface area (Å²) in [5.74, 6) is -6.86. The number of amides is 14. The molecule has 0 bridgehead atoms. The third-order valence-electron chi connectivity index (χ3n) is 17.4. The van der Waals surface area contributed by atoms with Crippen LogP contribution >= 0.6 is 11.8 Å². The standard InChI is InChI=1S/C71H122N12O15S/c1-22-52(75-63(89)55(78(15)58(85)39-46(8)9)40-48(12)30-25-23-24-26-33-73-61(87)50-31-29-32-51(41-50)69(95)98-21)65(91)81(18)57(42-99-35-28-27-34-84)67(93)79(16)54(37-44(4)5)64(90)76-59(47(10)11)68(94)80(17)53(36-43(2)3)62(88)74-49(13)60(86)77-71(97)82(19)56(38-45(6)7)66(92)83(20)70(96)72-14/h29,31-32,41,43-49,52-57,59,84H,22-28,30,33-40,42H2,1-21H3,(H,72,96)(H,73,87)(H,74,88)(H,75,89)(H,76,90)(H,77,86,97)/t48-,49+,52+,53+,54+,55?,56+,57-,59+/m1/s1. The predicted octanol–water partition coefficient (Wildman–Crippen LogP) is 6.05. The zero-order chi connectivity index (χ0) is 75.7. The van der Waals surface area contributed by atoms with E-state index in [1.54, 1.807) is 46.0 Å². The molecule has 0 aliphatic carbocycles. The van der Waals surface area contributed by atoms with E-state index in [2.05, 4.69) is 31.9 Å². The molecule has 1 rings (SSSR count). The summed E-state index contributed by atoms with van der Waals surface area (Å²) in [7, 11) is 11.1. The number of urea groups is 2. The molecule has 0 aliphatic heterocycles. The number of esters is 1. The summed E-state index contributed by atoms with van der Waals surface area (Å²) in [6.45, 7) is 23.8. The number of methoxy groups -OCH3 is 1. The largest absolute Gasteiger partial charge is 0.465 e. The number of imide groups is 2. The topological polar surface area (TPSA) is 343 Å². The molecule has 0 heterocycles. The highest BCUT2D eigenvalue weighted by atomic mass is 32.2. The number of carbonyl (C=O) groups is 13. The Morgan fingerprint density at radius 2 is 1.06 bits per heavy atom. The number of benzene rings is 1. The molecule has 1 aromatic rings. The molecular weight excluding hydrogens is 1290 g/mol. The Hall–Kier alpha value is -7.36. The molecule has 1 aromatic carbocycles. The molecule has 0 saturated carbocycles. The van der Waals surface area contributed by atoms with Crippen molar-refractivity contribution in [3.05, 3.63) is 35.4 Å². The van der Waals surface area contributed by atoms with Gasteiger partial charge in [-0.05, 0) is 118 Å². The van der Waals surface area contributed by atoms with E-state index < -0.39 is 120 Å². The number of rotatable bonds is 43. The number of thioether (sulfide) groups is 1. The molecule has 0 saturated heterocycles. The van der Waals surface area contributed by atoms with E-state index in [4.69, 9.17) is 4.74 Å². The van der Waals surface area contributed by atoms with Gasteiger partial charge < -0.3 is 60.9 Å².